The third-order valence-corrected chi connectivity index (χ3v) is 5.35. The summed E-state index contributed by atoms with van der Waals surface area (Å²) in [4.78, 5) is 31.1. The third kappa shape index (κ3) is 5.81. The molecule has 0 aromatic heterocycles. The van der Waals surface area contributed by atoms with E-state index in [1.807, 2.05) is 30.3 Å². The summed E-state index contributed by atoms with van der Waals surface area (Å²) in [6.07, 6.45) is 10.8. The number of rotatable bonds is 8. The molecule has 1 aliphatic carbocycles. The molecule has 0 saturated carbocycles. The second kappa shape index (κ2) is 10.1. The Bertz CT molecular complexity index is 790. The van der Waals surface area contributed by atoms with Gasteiger partial charge in [0.15, 0.2) is 0 Å². The molecule has 3 rings (SSSR count). The molecule has 2 unspecified atom stereocenters. The van der Waals surface area contributed by atoms with E-state index in [4.69, 9.17) is 4.84 Å². The molecule has 2 N–H and O–H groups in total. The van der Waals surface area contributed by atoms with Gasteiger partial charge in [0.2, 0.25) is 0 Å². The zero-order valence-corrected chi connectivity index (χ0v) is 16.9. The Morgan fingerprint density at radius 2 is 1.97 bits per heavy atom. The lowest BCUT2D eigenvalue weighted by molar-refractivity contribution is -0.146. The van der Waals surface area contributed by atoms with Crippen molar-refractivity contribution in [3.05, 3.63) is 72.0 Å². The lowest BCUT2D eigenvalue weighted by atomic mass is 9.87. The van der Waals surface area contributed by atoms with Gasteiger partial charge in [-0.25, -0.2) is 5.48 Å². The van der Waals surface area contributed by atoms with Crippen molar-refractivity contribution in [3.63, 3.8) is 0 Å². The zero-order valence-electron chi connectivity index (χ0n) is 16.9. The first-order chi connectivity index (χ1) is 14.1. The minimum atomic E-state index is -0.374. The first kappa shape index (κ1) is 20.9. The predicted octanol–water partition coefficient (Wildman–Crippen LogP) is 2.75. The van der Waals surface area contributed by atoms with Gasteiger partial charge >= 0.3 is 5.97 Å². The van der Waals surface area contributed by atoms with E-state index in [9.17, 15) is 9.59 Å². The SMILES string of the molecule is C=CCc1ccc(C(=O)NCC2C=C(NOC(C)=O)CCC2N2CC=CC2)cc1. The summed E-state index contributed by atoms with van der Waals surface area (Å²) in [5.74, 6) is -0.325. The van der Waals surface area contributed by atoms with Crippen LogP contribution in [-0.4, -0.2) is 42.5 Å². The van der Waals surface area contributed by atoms with Crippen LogP contribution in [0, 0.1) is 5.92 Å². The van der Waals surface area contributed by atoms with Crippen molar-refractivity contribution in [3.8, 4) is 0 Å². The van der Waals surface area contributed by atoms with Crippen LogP contribution in [0.4, 0.5) is 0 Å². The van der Waals surface area contributed by atoms with Crippen molar-refractivity contribution in [2.75, 3.05) is 19.6 Å². The summed E-state index contributed by atoms with van der Waals surface area (Å²) in [6.45, 7) is 7.49. The molecule has 1 aromatic carbocycles. The minimum absolute atomic E-state index is 0.0816. The zero-order chi connectivity index (χ0) is 20.6. The van der Waals surface area contributed by atoms with Crippen molar-refractivity contribution in [1.29, 1.82) is 0 Å². The molecule has 1 aromatic rings. The molecule has 1 amide bonds. The van der Waals surface area contributed by atoms with Gasteiger partial charge in [-0.3, -0.25) is 14.5 Å². The highest BCUT2D eigenvalue weighted by Gasteiger charge is 2.30. The van der Waals surface area contributed by atoms with Gasteiger partial charge in [0, 0.05) is 49.8 Å². The summed E-state index contributed by atoms with van der Waals surface area (Å²) >= 11 is 0. The van der Waals surface area contributed by atoms with Gasteiger partial charge in [-0.1, -0.05) is 36.4 Å². The van der Waals surface area contributed by atoms with E-state index in [1.54, 1.807) is 0 Å². The van der Waals surface area contributed by atoms with Gasteiger partial charge in [-0.05, 0) is 37.0 Å². The fraction of sp³-hybridized carbons (Fsp3) is 0.391. The molecule has 0 saturated heterocycles. The molecule has 2 aliphatic rings. The van der Waals surface area contributed by atoms with Gasteiger partial charge in [0.1, 0.15) is 0 Å². The number of allylic oxidation sites excluding steroid dienone is 2. The Balaban J connectivity index is 1.64. The van der Waals surface area contributed by atoms with E-state index in [-0.39, 0.29) is 17.8 Å². The van der Waals surface area contributed by atoms with Crippen LogP contribution < -0.4 is 10.8 Å². The largest absolute Gasteiger partial charge is 0.351 e. The van der Waals surface area contributed by atoms with E-state index < -0.39 is 0 Å². The van der Waals surface area contributed by atoms with Crippen LogP contribution in [-0.2, 0) is 16.1 Å². The lowest BCUT2D eigenvalue weighted by Crippen LogP contribution is -2.45. The molecule has 0 spiro atoms. The van der Waals surface area contributed by atoms with Crippen LogP contribution in [0.1, 0.15) is 35.7 Å². The van der Waals surface area contributed by atoms with Crippen molar-refractivity contribution in [2.45, 2.75) is 32.2 Å². The van der Waals surface area contributed by atoms with Crippen molar-refractivity contribution >= 4 is 11.9 Å². The van der Waals surface area contributed by atoms with Crippen molar-refractivity contribution in [2.24, 2.45) is 5.92 Å². The van der Waals surface area contributed by atoms with Gasteiger partial charge in [0.05, 0.1) is 0 Å². The molecule has 6 nitrogen and oxygen atoms in total. The Hall–Kier alpha value is -2.86. The molecule has 2 atom stereocenters. The average Bonchev–Trinajstić information content (AvgIpc) is 3.26. The maximum Gasteiger partial charge on any atom is 0.329 e. The molecule has 154 valence electrons. The molecular weight excluding hydrogens is 366 g/mol. The summed E-state index contributed by atoms with van der Waals surface area (Å²) in [7, 11) is 0. The Morgan fingerprint density at radius 3 is 2.62 bits per heavy atom. The fourth-order valence-electron chi connectivity index (χ4n) is 3.88. The Labute approximate surface area is 172 Å². The molecular formula is C23H29N3O3. The third-order valence-electron chi connectivity index (χ3n) is 5.35. The average molecular weight is 396 g/mol. The lowest BCUT2D eigenvalue weighted by Gasteiger charge is -2.36. The topological polar surface area (TPSA) is 70.7 Å². The van der Waals surface area contributed by atoms with Gasteiger partial charge in [-0.15, -0.1) is 6.58 Å². The summed E-state index contributed by atoms with van der Waals surface area (Å²) in [5.41, 5.74) is 5.42. The summed E-state index contributed by atoms with van der Waals surface area (Å²) < 4.78 is 0. The normalized spacial score (nSPS) is 21.3. The van der Waals surface area contributed by atoms with Crippen LogP contribution >= 0.6 is 0 Å². The maximum atomic E-state index is 12.6. The van der Waals surface area contributed by atoms with Gasteiger partial charge < -0.3 is 10.2 Å². The van der Waals surface area contributed by atoms with Crippen molar-refractivity contribution < 1.29 is 14.4 Å². The number of hydrogen-bond donors (Lipinski definition) is 2. The molecule has 1 aliphatic heterocycles. The van der Waals surface area contributed by atoms with E-state index in [1.165, 1.54) is 6.92 Å². The predicted molar refractivity (Wildman–Crippen MR) is 113 cm³/mol. The Kier molecular flexibility index (Phi) is 7.25. The number of carbonyl (C=O) groups excluding carboxylic acids is 2. The number of benzene rings is 1. The summed E-state index contributed by atoms with van der Waals surface area (Å²) in [5, 5.41) is 3.07. The minimum Gasteiger partial charge on any atom is -0.351 e. The number of nitrogens with zero attached hydrogens (tertiary/aromatic N) is 1. The first-order valence-electron chi connectivity index (χ1n) is 10.1. The van der Waals surface area contributed by atoms with Crippen LogP contribution in [0.2, 0.25) is 0 Å². The number of hydrogen-bond acceptors (Lipinski definition) is 5. The highest BCUT2D eigenvalue weighted by atomic mass is 16.7. The second-order valence-corrected chi connectivity index (χ2v) is 7.48. The molecule has 0 radical (unpaired) electrons. The van der Waals surface area contributed by atoms with E-state index in [0.717, 1.165) is 43.6 Å². The van der Waals surface area contributed by atoms with Gasteiger partial charge in [0.25, 0.3) is 5.91 Å². The van der Waals surface area contributed by atoms with Crippen LogP contribution in [0.5, 0.6) is 0 Å². The molecule has 1 heterocycles. The number of carbonyl (C=O) groups is 2. The number of hydroxylamine groups is 1. The first-order valence-corrected chi connectivity index (χ1v) is 10.1. The van der Waals surface area contributed by atoms with E-state index >= 15 is 0 Å². The molecule has 0 bridgehead atoms. The van der Waals surface area contributed by atoms with E-state index in [0.29, 0.717) is 18.2 Å². The quantitative estimate of drug-likeness (QED) is 0.523. The maximum absolute atomic E-state index is 12.6. The molecule has 0 fully saturated rings. The van der Waals surface area contributed by atoms with Crippen LogP contribution in [0.15, 0.2) is 60.8 Å². The number of nitrogens with one attached hydrogen (secondary N) is 2. The van der Waals surface area contributed by atoms with Gasteiger partial charge in [-0.2, -0.15) is 0 Å². The van der Waals surface area contributed by atoms with Crippen LogP contribution in [0.3, 0.4) is 0 Å². The molecule has 29 heavy (non-hydrogen) atoms. The van der Waals surface area contributed by atoms with Crippen LogP contribution in [0.25, 0.3) is 0 Å². The number of amides is 1. The molecule has 6 heteroatoms. The van der Waals surface area contributed by atoms with E-state index in [2.05, 4.69) is 40.5 Å². The Morgan fingerprint density at radius 1 is 1.24 bits per heavy atom. The smallest absolute Gasteiger partial charge is 0.329 e. The highest BCUT2D eigenvalue weighted by molar-refractivity contribution is 5.94. The monoisotopic (exact) mass is 395 g/mol. The fourth-order valence-corrected chi connectivity index (χ4v) is 3.88. The second-order valence-electron chi connectivity index (χ2n) is 7.48. The summed E-state index contributed by atoms with van der Waals surface area (Å²) in [6, 6.07) is 7.94. The highest BCUT2D eigenvalue weighted by Crippen LogP contribution is 2.27. The van der Waals surface area contributed by atoms with Crippen molar-refractivity contribution in [1.82, 2.24) is 15.7 Å². The standard InChI is InChI=1S/C23H29N3O3/c1-3-6-18-7-9-19(10-8-18)23(28)24-16-20-15-21(25-29-17(2)27)11-12-22(20)26-13-4-5-14-26/h3-5,7-10,15,20,22,25H,1,6,11-14,16H2,2H3,(H,24,28).